The summed E-state index contributed by atoms with van der Waals surface area (Å²) in [6.45, 7) is 4.88. The molecule has 148 valence electrons. The number of carbonyl (C=O) groups excluding carboxylic acids is 1. The first-order valence-corrected chi connectivity index (χ1v) is 10.9. The van der Waals surface area contributed by atoms with Crippen LogP contribution in [0.25, 0.3) is 0 Å². The van der Waals surface area contributed by atoms with E-state index in [-0.39, 0.29) is 5.78 Å². The van der Waals surface area contributed by atoms with Gasteiger partial charge in [0.25, 0.3) is 0 Å². The van der Waals surface area contributed by atoms with Crippen molar-refractivity contribution in [2.45, 2.75) is 90.1 Å². The van der Waals surface area contributed by atoms with E-state index in [9.17, 15) is 9.90 Å². The van der Waals surface area contributed by atoms with Crippen LogP contribution in [0.15, 0.2) is 11.6 Å². The summed E-state index contributed by atoms with van der Waals surface area (Å²) in [5.74, 6) is 3.04. The van der Waals surface area contributed by atoms with Gasteiger partial charge in [-0.2, -0.15) is 0 Å². The average Bonchev–Trinajstić information content (AvgIpc) is 2.98. The lowest BCUT2D eigenvalue weighted by Crippen LogP contribution is -2.55. The molecule has 0 bridgehead atoms. The van der Waals surface area contributed by atoms with Crippen LogP contribution in [-0.2, 0) is 4.79 Å². The molecule has 0 aromatic rings. The number of ketones is 1. The minimum absolute atomic E-state index is 0.231. The second-order valence-electron chi connectivity index (χ2n) is 9.44. The van der Waals surface area contributed by atoms with Crippen molar-refractivity contribution in [1.29, 1.82) is 0 Å². The Kier molecular flexibility index (Phi) is 5.99. The first kappa shape index (κ1) is 20.1. The lowest BCUT2D eigenvalue weighted by molar-refractivity contribution is -0.126. The second kappa shape index (κ2) is 7.75. The normalized spacial score (nSPS) is 44.2. The van der Waals surface area contributed by atoms with Crippen LogP contribution in [0.4, 0.5) is 0 Å². The van der Waals surface area contributed by atoms with Gasteiger partial charge in [-0.25, -0.2) is 0 Å². The Balaban J connectivity index is 0.000000948. The van der Waals surface area contributed by atoms with E-state index in [1.54, 1.807) is 6.08 Å². The smallest absolute Gasteiger partial charge is 0.155 e. The van der Waals surface area contributed by atoms with Gasteiger partial charge in [0, 0.05) is 13.5 Å². The topological polar surface area (TPSA) is 57.5 Å². The minimum atomic E-state index is -0.653. The molecule has 0 aromatic carbocycles. The highest BCUT2D eigenvalue weighted by Crippen LogP contribution is 2.65. The number of aliphatic hydroxyl groups excluding tert-OH is 1. The van der Waals surface area contributed by atoms with E-state index in [2.05, 4.69) is 13.8 Å². The molecule has 0 amide bonds. The summed E-state index contributed by atoms with van der Waals surface area (Å²) >= 11 is 0. The maximum atomic E-state index is 11.8. The van der Waals surface area contributed by atoms with Gasteiger partial charge in [-0.1, -0.05) is 26.7 Å². The Hall–Kier alpha value is -0.670. The third-order valence-electron chi connectivity index (χ3n) is 8.54. The molecule has 3 nitrogen and oxygen atoms in total. The predicted octanol–water partition coefficient (Wildman–Crippen LogP) is 4.66. The highest BCUT2D eigenvalue weighted by Gasteiger charge is 2.59. The Morgan fingerprint density at radius 1 is 1.08 bits per heavy atom. The van der Waals surface area contributed by atoms with Crippen LogP contribution >= 0.6 is 0 Å². The Labute approximate surface area is 159 Å². The summed E-state index contributed by atoms with van der Waals surface area (Å²) in [5.41, 5.74) is 0.932. The van der Waals surface area contributed by atoms with Crippen LogP contribution in [0.2, 0.25) is 0 Å². The number of rotatable bonds is 3. The summed E-state index contributed by atoms with van der Waals surface area (Å²) in [7, 11) is 1.00. The molecule has 0 aliphatic heterocycles. The highest BCUT2D eigenvalue weighted by atomic mass is 16.3. The van der Waals surface area contributed by atoms with E-state index in [0.29, 0.717) is 30.1 Å². The van der Waals surface area contributed by atoms with Crippen molar-refractivity contribution in [2.75, 3.05) is 7.11 Å². The molecular formula is C23H38O3. The van der Waals surface area contributed by atoms with Crippen molar-refractivity contribution < 1.29 is 15.0 Å². The van der Waals surface area contributed by atoms with Crippen LogP contribution in [0.1, 0.15) is 84.5 Å². The molecule has 4 rings (SSSR count). The molecule has 2 N–H and O–H groups in total. The van der Waals surface area contributed by atoms with Crippen LogP contribution < -0.4 is 0 Å². The highest BCUT2D eigenvalue weighted by molar-refractivity contribution is 5.92. The molecule has 0 radical (unpaired) electrons. The van der Waals surface area contributed by atoms with Gasteiger partial charge < -0.3 is 10.2 Å². The van der Waals surface area contributed by atoms with E-state index >= 15 is 0 Å². The first-order valence-electron chi connectivity index (χ1n) is 10.9. The van der Waals surface area contributed by atoms with Gasteiger partial charge in [-0.15, -0.1) is 0 Å². The fourth-order valence-electron chi connectivity index (χ4n) is 7.22. The van der Waals surface area contributed by atoms with Crippen molar-refractivity contribution in [3.63, 3.8) is 0 Å². The van der Waals surface area contributed by atoms with Crippen molar-refractivity contribution >= 4 is 5.78 Å². The fraction of sp³-hybridized carbons (Fsp3) is 0.870. The van der Waals surface area contributed by atoms with Crippen LogP contribution in [0, 0.1) is 29.1 Å². The molecule has 3 fully saturated rings. The maximum absolute atomic E-state index is 11.8. The molecule has 0 aromatic heterocycles. The van der Waals surface area contributed by atoms with Gasteiger partial charge in [0.1, 0.15) is 0 Å². The Morgan fingerprint density at radius 2 is 1.85 bits per heavy atom. The van der Waals surface area contributed by atoms with Crippen molar-refractivity contribution in [3.8, 4) is 0 Å². The number of fused-ring (bicyclic) bond motifs is 5. The lowest BCUT2D eigenvalue weighted by Gasteiger charge is -2.57. The SMILES string of the molecule is CCCCC1CCC2C3CCC4=CC(=O)CC[C@]4(O)C3CCC12C.CO. The van der Waals surface area contributed by atoms with Crippen molar-refractivity contribution in [1.82, 2.24) is 0 Å². The minimum Gasteiger partial charge on any atom is -0.400 e. The third-order valence-corrected chi connectivity index (χ3v) is 8.54. The summed E-state index contributed by atoms with van der Waals surface area (Å²) in [4.78, 5) is 11.8. The van der Waals surface area contributed by atoms with E-state index < -0.39 is 5.60 Å². The number of hydrogen-bond donors (Lipinski definition) is 2. The Bertz CT molecular complexity index is 554. The zero-order valence-corrected chi connectivity index (χ0v) is 17.0. The molecule has 4 aliphatic carbocycles. The summed E-state index contributed by atoms with van der Waals surface area (Å²) in [6, 6.07) is 0. The molecule has 26 heavy (non-hydrogen) atoms. The number of unbranched alkanes of at least 4 members (excludes halogenated alkanes) is 1. The molecule has 0 saturated heterocycles. The molecule has 0 spiro atoms. The Morgan fingerprint density at radius 3 is 2.58 bits per heavy atom. The van der Waals surface area contributed by atoms with Crippen LogP contribution in [-0.4, -0.2) is 28.7 Å². The number of hydrogen-bond acceptors (Lipinski definition) is 3. The number of carbonyl (C=O) groups is 1. The van der Waals surface area contributed by atoms with E-state index in [4.69, 9.17) is 5.11 Å². The monoisotopic (exact) mass is 362 g/mol. The summed E-state index contributed by atoms with van der Waals surface area (Å²) in [5, 5.41) is 18.5. The molecule has 3 saturated carbocycles. The van der Waals surface area contributed by atoms with E-state index in [1.807, 2.05) is 0 Å². The molecule has 0 heterocycles. The maximum Gasteiger partial charge on any atom is 0.155 e. The molecule has 3 heteroatoms. The molecule has 6 atom stereocenters. The molecular weight excluding hydrogens is 324 g/mol. The summed E-state index contributed by atoms with van der Waals surface area (Å²) < 4.78 is 0. The van der Waals surface area contributed by atoms with Gasteiger partial charge in [0.2, 0.25) is 0 Å². The zero-order valence-electron chi connectivity index (χ0n) is 17.0. The van der Waals surface area contributed by atoms with Gasteiger partial charge in [0.15, 0.2) is 5.78 Å². The van der Waals surface area contributed by atoms with Gasteiger partial charge in [-0.05, 0) is 92.1 Å². The lowest BCUT2D eigenvalue weighted by atomic mass is 9.49. The fourth-order valence-corrected chi connectivity index (χ4v) is 7.22. The van der Waals surface area contributed by atoms with Gasteiger partial charge in [-0.3, -0.25) is 4.79 Å². The molecule has 5 unspecified atom stereocenters. The first-order chi connectivity index (χ1) is 12.5. The third kappa shape index (κ3) is 3.09. The standard InChI is InChI=1S/C22H34O2.CH4O/c1-3-4-5-15-7-9-19-18-8-6-16-14-17(23)10-13-22(16,24)20(18)11-12-21(15,19)2;1-2/h14-15,18-20,24H,3-13H2,1-2H3;2H,1H3/t15?,18?,19?,20?,21?,22-;/m1./s1. The van der Waals surface area contributed by atoms with Crippen LogP contribution in [0.5, 0.6) is 0 Å². The average molecular weight is 363 g/mol. The predicted molar refractivity (Wildman–Crippen MR) is 105 cm³/mol. The van der Waals surface area contributed by atoms with E-state index in [0.717, 1.165) is 30.9 Å². The van der Waals surface area contributed by atoms with E-state index in [1.165, 1.54) is 51.4 Å². The van der Waals surface area contributed by atoms with Crippen molar-refractivity contribution in [3.05, 3.63) is 11.6 Å². The quantitative estimate of drug-likeness (QED) is 0.768. The largest absolute Gasteiger partial charge is 0.400 e. The second-order valence-corrected chi connectivity index (χ2v) is 9.44. The number of aliphatic hydroxyl groups is 2. The van der Waals surface area contributed by atoms with Crippen LogP contribution in [0.3, 0.4) is 0 Å². The van der Waals surface area contributed by atoms with Crippen molar-refractivity contribution in [2.24, 2.45) is 29.1 Å². The van der Waals surface area contributed by atoms with Gasteiger partial charge >= 0.3 is 0 Å². The summed E-state index contributed by atoms with van der Waals surface area (Å²) in [6.07, 6.45) is 14.5. The molecule has 4 aliphatic rings. The zero-order chi connectivity index (χ0) is 18.9. The van der Waals surface area contributed by atoms with Gasteiger partial charge in [0.05, 0.1) is 5.60 Å².